The van der Waals surface area contributed by atoms with Gasteiger partial charge in [-0.05, 0) is 25.5 Å². The molecule has 1 aliphatic rings. The molecule has 128 valence electrons. The Hall–Kier alpha value is -2.29. The molecule has 0 saturated carbocycles. The Labute approximate surface area is 141 Å². The summed E-state index contributed by atoms with van der Waals surface area (Å²) >= 11 is 0. The van der Waals surface area contributed by atoms with Gasteiger partial charge in [-0.15, -0.1) is 5.10 Å². The van der Waals surface area contributed by atoms with Gasteiger partial charge in [0, 0.05) is 18.8 Å². The quantitative estimate of drug-likeness (QED) is 0.821. The Morgan fingerprint density at radius 2 is 2.25 bits per heavy atom. The molecule has 1 fully saturated rings. The molecular formula is C15H20N6O2S. The molecule has 0 bridgehead atoms. The average Bonchev–Trinajstić information content (AvgIpc) is 2.95. The van der Waals surface area contributed by atoms with Crippen LogP contribution in [0.15, 0.2) is 30.6 Å². The summed E-state index contributed by atoms with van der Waals surface area (Å²) in [5.74, 6) is 1.44. The summed E-state index contributed by atoms with van der Waals surface area (Å²) in [4.78, 5) is 10.7. The molecule has 0 aromatic carbocycles. The van der Waals surface area contributed by atoms with Crippen LogP contribution in [0, 0.1) is 0 Å². The zero-order valence-corrected chi connectivity index (χ0v) is 14.3. The second-order valence-electron chi connectivity index (χ2n) is 5.66. The molecule has 24 heavy (non-hydrogen) atoms. The first-order chi connectivity index (χ1) is 11.6. The van der Waals surface area contributed by atoms with Crippen molar-refractivity contribution in [2.45, 2.75) is 25.9 Å². The zero-order chi connectivity index (χ0) is 17.0. The molecule has 0 amide bonds. The summed E-state index contributed by atoms with van der Waals surface area (Å²) in [5, 5.41) is 11.1. The van der Waals surface area contributed by atoms with Crippen LogP contribution in [0.1, 0.15) is 19.0 Å². The summed E-state index contributed by atoms with van der Waals surface area (Å²) < 4.78 is 23.4. The number of hydrogen-bond donors (Lipinski definition) is 1. The molecule has 1 unspecified atom stereocenters. The first kappa shape index (κ1) is 16.6. The minimum atomic E-state index is -2.94. The first-order valence-electron chi connectivity index (χ1n) is 7.88. The molecule has 3 rings (SSSR count). The highest BCUT2D eigenvalue weighted by molar-refractivity contribution is 7.91. The minimum Gasteiger partial charge on any atom is -0.351 e. The van der Waals surface area contributed by atoms with E-state index in [-0.39, 0.29) is 17.5 Å². The molecule has 1 aliphatic heterocycles. The fourth-order valence-electron chi connectivity index (χ4n) is 2.81. The van der Waals surface area contributed by atoms with Gasteiger partial charge in [-0.1, -0.05) is 6.07 Å². The van der Waals surface area contributed by atoms with Gasteiger partial charge in [0.25, 0.3) is 0 Å². The minimum absolute atomic E-state index is 0.0552. The van der Waals surface area contributed by atoms with Gasteiger partial charge in [-0.2, -0.15) is 10.1 Å². The summed E-state index contributed by atoms with van der Waals surface area (Å²) in [7, 11) is -2.94. The predicted molar refractivity (Wildman–Crippen MR) is 91.5 cm³/mol. The van der Waals surface area contributed by atoms with Crippen LogP contribution in [0.5, 0.6) is 0 Å². The van der Waals surface area contributed by atoms with E-state index >= 15 is 0 Å². The smallest absolute Gasteiger partial charge is 0.245 e. The van der Waals surface area contributed by atoms with Crippen molar-refractivity contribution in [3.63, 3.8) is 0 Å². The maximum absolute atomic E-state index is 11.7. The maximum Gasteiger partial charge on any atom is 0.245 e. The van der Waals surface area contributed by atoms with Crippen molar-refractivity contribution in [2.75, 3.05) is 28.3 Å². The molecule has 1 saturated heterocycles. The second-order valence-corrected chi connectivity index (χ2v) is 7.88. The van der Waals surface area contributed by atoms with E-state index in [0.29, 0.717) is 31.3 Å². The monoisotopic (exact) mass is 348 g/mol. The lowest BCUT2D eigenvalue weighted by Crippen LogP contribution is -2.37. The van der Waals surface area contributed by atoms with Crippen molar-refractivity contribution in [1.82, 2.24) is 20.2 Å². The van der Waals surface area contributed by atoms with Gasteiger partial charge in [0.1, 0.15) is 0 Å². The highest BCUT2D eigenvalue weighted by atomic mass is 32.2. The number of nitrogens with one attached hydrogen (secondary N) is 1. The Bertz CT molecular complexity index is 784. The predicted octanol–water partition coefficient (Wildman–Crippen LogP) is 0.892. The molecule has 0 spiro atoms. The lowest BCUT2D eigenvalue weighted by atomic mass is 10.2. The Morgan fingerprint density at radius 3 is 2.92 bits per heavy atom. The topological polar surface area (TPSA) is 101 Å². The van der Waals surface area contributed by atoms with Gasteiger partial charge in [0.2, 0.25) is 5.95 Å². The summed E-state index contributed by atoms with van der Waals surface area (Å²) in [5.41, 5.74) is 0.876. The van der Waals surface area contributed by atoms with Crippen molar-refractivity contribution in [1.29, 1.82) is 0 Å². The van der Waals surface area contributed by atoms with Crippen molar-refractivity contribution in [3.8, 4) is 0 Å². The molecule has 2 aromatic heterocycles. The van der Waals surface area contributed by atoms with Crippen LogP contribution in [0.4, 0.5) is 11.8 Å². The fourth-order valence-corrected chi connectivity index (χ4v) is 4.54. The number of rotatable bonds is 6. The fraction of sp³-hybridized carbons (Fsp3) is 0.467. The number of hydrogen-bond acceptors (Lipinski definition) is 8. The molecule has 8 nitrogen and oxygen atoms in total. The number of anilines is 2. The second kappa shape index (κ2) is 7.08. The molecule has 1 N–H and O–H groups in total. The van der Waals surface area contributed by atoms with Crippen molar-refractivity contribution in [3.05, 3.63) is 36.3 Å². The van der Waals surface area contributed by atoms with Crippen molar-refractivity contribution < 1.29 is 8.42 Å². The molecule has 1 atom stereocenters. The molecule has 2 aromatic rings. The SMILES string of the molecule is CCN(c1cnnc(NCc2ccccn2)n1)C1CCS(=O)(=O)C1. The van der Waals surface area contributed by atoms with E-state index in [0.717, 1.165) is 5.69 Å². The third-order valence-electron chi connectivity index (χ3n) is 3.98. The Balaban J connectivity index is 1.71. The van der Waals surface area contributed by atoms with Gasteiger partial charge < -0.3 is 10.2 Å². The van der Waals surface area contributed by atoms with E-state index in [1.54, 1.807) is 12.4 Å². The van der Waals surface area contributed by atoms with E-state index in [2.05, 4.69) is 25.5 Å². The Kier molecular flexibility index (Phi) is 4.89. The third kappa shape index (κ3) is 3.97. The summed E-state index contributed by atoms with van der Waals surface area (Å²) in [6, 6.07) is 5.63. The number of pyridine rings is 1. The van der Waals surface area contributed by atoms with E-state index in [9.17, 15) is 8.42 Å². The molecular weight excluding hydrogens is 328 g/mol. The summed E-state index contributed by atoms with van der Waals surface area (Å²) in [6.07, 6.45) is 3.92. The number of aromatic nitrogens is 4. The van der Waals surface area contributed by atoms with Crippen molar-refractivity contribution >= 4 is 21.6 Å². The summed E-state index contributed by atoms with van der Waals surface area (Å²) in [6.45, 7) is 3.14. The van der Waals surface area contributed by atoms with Gasteiger partial charge in [-0.3, -0.25) is 4.98 Å². The Morgan fingerprint density at radius 1 is 1.38 bits per heavy atom. The van der Waals surface area contributed by atoms with Crippen LogP contribution < -0.4 is 10.2 Å². The molecule has 3 heterocycles. The highest BCUT2D eigenvalue weighted by Gasteiger charge is 2.32. The highest BCUT2D eigenvalue weighted by Crippen LogP contribution is 2.22. The van der Waals surface area contributed by atoms with Crippen LogP contribution in [-0.4, -0.2) is 52.7 Å². The zero-order valence-electron chi connectivity index (χ0n) is 13.5. The van der Waals surface area contributed by atoms with Gasteiger partial charge >= 0.3 is 0 Å². The van der Waals surface area contributed by atoms with Crippen molar-refractivity contribution in [2.24, 2.45) is 0 Å². The van der Waals surface area contributed by atoms with Gasteiger partial charge in [-0.25, -0.2) is 8.42 Å². The molecule has 0 aliphatic carbocycles. The molecule has 0 radical (unpaired) electrons. The number of sulfone groups is 1. The van der Waals surface area contributed by atoms with Gasteiger partial charge in [0.05, 0.1) is 29.9 Å². The normalized spacial score (nSPS) is 19.1. The van der Waals surface area contributed by atoms with E-state index in [4.69, 9.17) is 0 Å². The van der Waals surface area contributed by atoms with Crippen LogP contribution in [0.2, 0.25) is 0 Å². The average molecular weight is 348 g/mol. The van der Waals surface area contributed by atoms with Crippen LogP contribution >= 0.6 is 0 Å². The van der Waals surface area contributed by atoms with E-state index in [1.807, 2.05) is 30.0 Å². The molecule has 9 heteroatoms. The largest absolute Gasteiger partial charge is 0.351 e. The standard InChI is InChI=1S/C15H20N6O2S/c1-2-21(13-6-8-24(22,23)11-13)14-10-18-20-15(19-14)17-9-12-5-3-4-7-16-12/h3-5,7,10,13H,2,6,8-9,11H2,1H3,(H,17,19,20). The van der Waals surface area contributed by atoms with Crippen LogP contribution in [0.25, 0.3) is 0 Å². The lowest BCUT2D eigenvalue weighted by molar-refractivity contribution is 0.599. The maximum atomic E-state index is 11.7. The lowest BCUT2D eigenvalue weighted by Gasteiger charge is -2.27. The van der Waals surface area contributed by atoms with E-state index < -0.39 is 9.84 Å². The van der Waals surface area contributed by atoms with E-state index in [1.165, 1.54) is 0 Å². The third-order valence-corrected chi connectivity index (χ3v) is 5.73. The van der Waals surface area contributed by atoms with Crippen LogP contribution in [0.3, 0.4) is 0 Å². The number of nitrogens with zero attached hydrogens (tertiary/aromatic N) is 5. The van der Waals surface area contributed by atoms with Crippen LogP contribution in [-0.2, 0) is 16.4 Å². The first-order valence-corrected chi connectivity index (χ1v) is 9.70. The van der Waals surface area contributed by atoms with Gasteiger partial charge in [0.15, 0.2) is 15.7 Å².